The molecule has 5 rings (SSSR count). The van der Waals surface area contributed by atoms with Crippen LogP contribution >= 0.6 is 0 Å². The van der Waals surface area contributed by atoms with Gasteiger partial charge in [-0.1, -0.05) is 42.5 Å². The van der Waals surface area contributed by atoms with Gasteiger partial charge < -0.3 is 14.0 Å². The van der Waals surface area contributed by atoms with Crippen LogP contribution in [0.4, 0.5) is 5.69 Å². The maximum atomic E-state index is 4.12. The Balaban J connectivity index is 1.23. The Hall–Kier alpha value is -3.05. The van der Waals surface area contributed by atoms with Crippen LogP contribution in [0.25, 0.3) is 10.8 Å². The molecule has 2 aromatic heterocycles. The van der Waals surface area contributed by atoms with Crippen LogP contribution in [0.15, 0.2) is 79.6 Å². The summed E-state index contributed by atoms with van der Waals surface area (Å²) in [6.07, 6.45) is 11.5. The summed E-state index contributed by atoms with van der Waals surface area (Å²) in [5.41, 5.74) is 2.78. The van der Waals surface area contributed by atoms with Crippen LogP contribution in [0.1, 0.15) is 12.0 Å². The first-order chi connectivity index (χ1) is 14.8. The molecule has 5 nitrogen and oxygen atoms in total. The Morgan fingerprint density at radius 3 is 2.43 bits per heavy atom. The van der Waals surface area contributed by atoms with Crippen LogP contribution in [-0.2, 0) is 19.6 Å². The van der Waals surface area contributed by atoms with Crippen molar-refractivity contribution in [2.75, 3.05) is 31.1 Å². The highest BCUT2D eigenvalue weighted by atomic mass is 15.3. The van der Waals surface area contributed by atoms with E-state index in [1.165, 1.54) is 22.0 Å². The van der Waals surface area contributed by atoms with E-state index in [4.69, 9.17) is 0 Å². The molecule has 1 saturated heterocycles. The minimum absolute atomic E-state index is 1.00. The van der Waals surface area contributed by atoms with Crippen LogP contribution in [0.5, 0.6) is 0 Å². The SMILES string of the molecule is c1ccc(CN2CCN(c3cccc4cn(CCCn5ccnc5)cc34)CC2)cc1. The summed E-state index contributed by atoms with van der Waals surface area (Å²) in [4.78, 5) is 9.24. The third kappa shape index (κ3) is 4.26. The number of rotatable bonds is 7. The molecule has 1 aliphatic rings. The lowest BCUT2D eigenvalue weighted by Gasteiger charge is -2.36. The number of piperazine rings is 1. The number of nitrogens with zero attached hydrogens (tertiary/aromatic N) is 5. The summed E-state index contributed by atoms with van der Waals surface area (Å²) >= 11 is 0. The van der Waals surface area contributed by atoms with Gasteiger partial charge in [0.2, 0.25) is 0 Å². The smallest absolute Gasteiger partial charge is 0.0945 e. The third-order valence-electron chi connectivity index (χ3n) is 6.07. The molecule has 0 radical (unpaired) electrons. The summed E-state index contributed by atoms with van der Waals surface area (Å²) < 4.78 is 4.49. The van der Waals surface area contributed by atoms with Crippen molar-refractivity contribution in [1.82, 2.24) is 19.0 Å². The Labute approximate surface area is 178 Å². The van der Waals surface area contributed by atoms with Crippen LogP contribution in [-0.4, -0.2) is 45.2 Å². The lowest BCUT2D eigenvalue weighted by Crippen LogP contribution is -2.46. The topological polar surface area (TPSA) is 29.2 Å². The van der Waals surface area contributed by atoms with E-state index in [2.05, 4.69) is 84.8 Å². The lowest BCUT2D eigenvalue weighted by molar-refractivity contribution is 0.250. The molecule has 0 N–H and O–H groups in total. The Morgan fingerprint density at radius 2 is 1.63 bits per heavy atom. The summed E-state index contributed by atoms with van der Waals surface area (Å²) in [6.45, 7) is 7.46. The van der Waals surface area contributed by atoms with Gasteiger partial charge in [-0.2, -0.15) is 0 Å². The molecule has 3 heterocycles. The van der Waals surface area contributed by atoms with E-state index in [1.54, 1.807) is 0 Å². The first-order valence-corrected chi connectivity index (χ1v) is 10.9. The van der Waals surface area contributed by atoms with Crippen molar-refractivity contribution in [2.24, 2.45) is 0 Å². The second kappa shape index (κ2) is 8.76. The molecule has 1 fully saturated rings. The van der Waals surface area contributed by atoms with Crippen LogP contribution < -0.4 is 4.90 Å². The van der Waals surface area contributed by atoms with Crippen LogP contribution in [0, 0.1) is 0 Å². The van der Waals surface area contributed by atoms with Gasteiger partial charge in [0.1, 0.15) is 0 Å². The molecule has 0 unspecified atom stereocenters. The van der Waals surface area contributed by atoms with Crippen molar-refractivity contribution in [3.05, 3.63) is 85.2 Å². The molecule has 5 heteroatoms. The van der Waals surface area contributed by atoms with Gasteiger partial charge >= 0.3 is 0 Å². The van der Waals surface area contributed by atoms with Crippen molar-refractivity contribution in [2.45, 2.75) is 26.1 Å². The molecule has 0 atom stereocenters. The lowest BCUT2D eigenvalue weighted by atomic mass is 10.1. The van der Waals surface area contributed by atoms with Gasteiger partial charge in [-0.25, -0.2) is 4.98 Å². The van der Waals surface area contributed by atoms with Crippen molar-refractivity contribution in [1.29, 1.82) is 0 Å². The second-order valence-electron chi connectivity index (χ2n) is 8.18. The van der Waals surface area contributed by atoms with E-state index in [0.29, 0.717) is 0 Å². The summed E-state index contributed by atoms with van der Waals surface area (Å²) in [5, 5.41) is 2.71. The fourth-order valence-corrected chi connectivity index (χ4v) is 4.45. The Morgan fingerprint density at radius 1 is 0.800 bits per heavy atom. The predicted molar refractivity (Wildman–Crippen MR) is 123 cm³/mol. The summed E-state index contributed by atoms with van der Waals surface area (Å²) in [7, 11) is 0. The highest BCUT2D eigenvalue weighted by molar-refractivity contribution is 5.94. The summed E-state index contributed by atoms with van der Waals surface area (Å²) in [5.74, 6) is 0. The number of fused-ring (bicyclic) bond motifs is 1. The van der Waals surface area contributed by atoms with E-state index in [-0.39, 0.29) is 0 Å². The molecule has 4 aromatic rings. The molecule has 154 valence electrons. The Kier molecular flexibility index (Phi) is 5.53. The standard InChI is InChI=1S/C25H29N5/c1-2-6-22(7-3-1)18-27-14-16-30(17-15-27)25-9-4-8-23-19-29(20-24(23)25)12-5-11-28-13-10-26-21-28/h1-4,6-10,13,19-21H,5,11-12,14-18H2. The molecule has 0 saturated carbocycles. The first-order valence-electron chi connectivity index (χ1n) is 10.9. The van der Waals surface area contributed by atoms with Gasteiger partial charge in [-0.05, 0) is 18.1 Å². The van der Waals surface area contributed by atoms with Crippen molar-refractivity contribution >= 4 is 16.5 Å². The van der Waals surface area contributed by atoms with Gasteiger partial charge in [0.25, 0.3) is 0 Å². The van der Waals surface area contributed by atoms with E-state index in [1.807, 2.05) is 18.7 Å². The first kappa shape index (κ1) is 18.9. The van der Waals surface area contributed by atoms with Crippen molar-refractivity contribution < 1.29 is 0 Å². The van der Waals surface area contributed by atoms with Gasteiger partial charge in [0.05, 0.1) is 6.33 Å². The fraction of sp³-hybridized carbons (Fsp3) is 0.320. The highest BCUT2D eigenvalue weighted by Crippen LogP contribution is 2.29. The molecule has 1 aliphatic heterocycles. The maximum absolute atomic E-state index is 4.12. The highest BCUT2D eigenvalue weighted by Gasteiger charge is 2.19. The number of anilines is 1. The van der Waals surface area contributed by atoms with Gasteiger partial charge in [-0.3, -0.25) is 4.90 Å². The summed E-state index contributed by atoms with van der Waals surface area (Å²) in [6, 6.07) is 17.5. The number of hydrogen-bond acceptors (Lipinski definition) is 3. The zero-order chi connectivity index (χ0) is 20.2. The van der Waals surface area contributed by atoms with Crippen LogP contribution in [0.3, 0.4) is 0 Å². The van der Waals surface area contributed by atoms with Gasteiger partial charge in [0, 0.05) is 87.1 Å². The molecular formula is C25H29N5. The number of aromatic nitrogens is 3. The predicted octanol–water partition coefficient (Wildman–Crippen LogP) is 4.25. The second-order valence-corrected chi connectivity index (χ2v) is 8.18. The monoisotopic (exact) mass is 399 g/mol. The maximum Gasteiger partial charge on any atom is 0.0945 e. The van der Waals surface area contributed by atoms with E-state index < -0.39 is 0 Å². The zero-order valence-electron chi connectivity index (χ0n) is 17.4. The average Bonchev–Trinajstić information content (AvgIpc) is 3.44. The minimum Gasteiger partial charge on any atom is -0.368 e. The zero-order valence-corrected chi connectivity index (χ0v) is 17.4. The van der Waals surface area contributed by atoms with Crippen LogP contribution in [0.2, 0.25) is 0 Å². The van der Waals surface area contributed by atoms with E-state index >= 15 is 0 Å². The molecule has 0 bridgehead atoms. The molecule has 30 heavy (non-hydrogen) atoms. The fourth-order valence-electron chi connectivity index (χ4n) is 4.45. The molecule has 0 aliphatic carbocycles. The molecule has 2 aromatic carbocycles. The van der Waals surface area contributed by atoms with Crippen molar-refractivity contribution in [3.8, 4) is 0 Å². The van der Waals surface area contributed by atoms with Crippen molar-refractivity contribution in [3.63, 3.8) is 0 Å². The number of imidazole rings is 1. The minimum atomic E-state index is 1.00. The normalized spacial score (nSPS) is 15.1. The third-order valence-corrected chi connectivity index (χ3v) is 6.07. The number of benzene rings is 2. The van der Waals surface area contributed by atoms with E-state index in [0.717, 1.165) is 52.2 Å². The molecular weight excluding hydrogens is 370 g/mol. The Bertz CT molecular complexity index is 1060. The van der Waals surface area contributed by atoms with Gasteiger partial charge in [0.15, 0.2) is 0 Å². The largest absolute Gasteiger partial charge is 0.368 e. The average molecular weight is 400 g/mol. The quantitative estimate of drug-likeness (QED) is 0.465. The number of aryl methyl sites for hydroxylation is 2. The van der Waals surface area contributed by atoms with E-state index in [9.17, 15) is 0 Å². The molecule has 0 amide bonds. The number of hydrogen-bond donors (Lipinski definition) is 0. The molecule has 0 spiro atoms. The van der Waals surface area contributed by atoms with Gasteiger partial charge in [-0.15, -0.1) is 0 Å².